The van der Waals surface area contributed by atoms with E-state index in [1.807, 2.05) is 18.2 Å². The van der Waals surface area contributed by atoms with Gasteiger partial charge in [-0.15, -0.1) is 0 Å². The van der Waals surface area contributed by atoms with E-state index in [0.717, 1.165) is 88.9 Å². The van der Waals surface area contributed by atoms with Crippen LogP contribution in [0.15, 0.2) is 224 Å². The predicted octanol–water partition coefficient (Wildman–Crippen LogP) is 14.0. The summed E-state index contributed by atoms with van der Waals surface area (Å²) in [5.74, 6) is 1.79. The van der Waals surface area contributed by atoms with Crippen LogP contribution in [-0.2, 0) is 0 Å². The maximum absolute atomic E-state index is 5.44. The molecule has 0 saturated heterocycles. The van der Waals surface area contributed by atoms with Crippen LogP contribution >= 0.6 is 0 Å². The molecule has 0 spiro atoms. The molecule has 3 heterocycles. The topological polar surface area (TPSA) is 56.0 Å². The summed E-state index contributed by atoms with van der Waals surface area (Å²) in [6.45, 7) is 0. The lowest BCUT2D eigenvalue weighted by molar-refractivity contribution is 0.979. The van der Waals surface area contributed by atoms with E-state index in [1.165, 1.54) is 0 Å². The molecular weight excluding hydrogens is 743 g/mol. The Morgan fingerprint density at radius 1 is 0.295 bits per heavy atom. The van der Waals surface area contributed by atoms with Crippen LogP contribution in [0.3, 0.4) is 0 Å². The first kappa shape index (κ1) is 35.8. The van der Waals surface area contributed by atoms with Crippen molar-refractivity contribution >= 4 is 16.3 Å². The third-order valence-corrected chi connectivity index (χ3v) is 11.3. The number of nitrogens with zero attached hydrogens (tertiary/aromatic N) is 5. The summed E-state index contributed by atoms with van der Waals surface area (Å²) in [6, 6.07) is 78.0. The fourth-order valence-electron chi connectivity index (χ4n) is 8.34. The van der Waals surface area contributed by atoms with Gasteiger partial charge in [0.05, 0.1) is 11.2 Å². The first-order valence-electron chi connectivity index (χ1n) is 20.5. The van der Waals surface area contributed by atoms with Crippen LogP contribution in [0.4, 0.5) is 0 Å². The summed E-state index contributed by atoms with van der Waals surface area (Å²) in [5, 5.41) is 7.50. The molecule has 11 aromatic rings. The van der Waals surface area contributed by atoms with Gasteiger partial charge in [-0.05, 0) is 51.4 Å². The van der Waals surface area contributed by atoms with Crippen molar-refractivity contribution in [1.82, 2.24) is 24.6 Å². The summed E-state index contributed by atoms with van der Waals surface area (Å²) in [5.41, 5.74) is 14.3. The molecule has 0 fully saturated rings. The fourth-order valence-corrected chi connectivity index (χ4v) is 8.34. The van der Waals surface area contributed by atoms with Crippen molar-refractivity contribution < 1.29 is 0 Å². The maximum Gasteiger partial charge on any atom is 0.164 e. The van der Waals surface area contributed by atoms with Gasteiger partial charge in [-0.2, -0.15) is 5.10 Å². The molecule has 0 unspecified atom stereocenters. The summed E-state index contributed by atoms with van der Waals surface area (Å²) in [6.07, 6.45) is 0. The number of rotatable bonds is 8. The van der Waals surface area contributed by atoms with Crippen molar-refractivity contribution in [2.75, 3.05) is 0 Å². The molecule has 0 N–H and O–H groups in total. The smallest absolute Gasteiger partial charge is 0.164 e. The molecule has 5 nitrogen and oxygen atoms in total. The second-order valence-electron chi connectivity index (χ2n) is 15.1. The zero-order chi connectivity index (χ0) is 40.5. The van der Waals surface area contributed by atoms with Crippen molar-refractivity contribution in [3.05, 3.63) is 224 Å². The van der Waals surface area contributed by atoms with Crippen LogP contribution in [0.2, 0.25) is 0 Å². The molecule has 11 rings (SSSR count). The number of benzene rings is 8. The molecule has 3 aromatic heterocycles. The van der Waals surface area contributed by atoms with Crippen LogP contribution in [-0.4, -0.2) is 24.6 Å². The largest absolute Gasteiger partial charge is 0.231 e. The Morgan fingerprint density at radius 2 is 0.721 bits per heavy atom. The Labute approximate surface area is 354 Å². The van der Waals surface area contributed by atoms with Crippen LogP contribution in [0.5, 0.6) is 0 Å². The van der Waals surface area contributed by atoms with E-state index in [9.17, 15) is 0 Å². The molecule has 8 aromatic carbocycles. The number of aromatic nitrogens is 5. The Morgan fingerprint density at radius 3 is 1.26 bits per heavy atom. The minimum absolute atomic E-state index is 0.591. The average Bonchev–Trinajstić information content (AvgIpc) is 3.76. The molecule has 0 radical (unpaired) electrons. The summed E-state index contributed by atoms with van der Waals surface area (Å²) in [7, 11) is 0. The molecule has 0 aliphatic rings. The van der Waals surface area contributed by atoms with Crippen molar-refractivity contribution in [1.29, 1.82) is 0 Å². The van der Waals surface area contributed by atoms with E-state index in [-0.39, 0.29) is 0 Å². The molecule has 0 atom stereocenters. The van der Waals surface area contributed by atoms with Gasteiger partial charge in [0, 0.05) is 38.8 Å². The zero-order valence-corrected chi connectivity index (χ0v) is 33.1. The Bertz CT molecular complexity index is 3230. The normalized spacial score (nSPS) is 11.3. The Kier molecular flexibility index (Phi) is 9.10. The van der Waals surface area contributed by atoms with Gasteiger partial charge < -0.3 is 0 Å². The highest BCUT2D eigenvalue weighted by molar-refractivity contribution is 6.12. The quantitative estimate of drug-likeness (QED) is 0.154. The molecule has 61 heavy (non-hydrogen) atoms. The standard InChI is InChI=1S/C56H37N5/c1-6-19-38(20-7-1)43-29-16-31-45(35-43)54-57-55(46-32-17-30-44(36-46)39-21-8-2-9-22-39)59-56(58-54)48-34-18-33-47-49(48)37-50(40-23-10-3-11-24-40)61-53(47)51(41-25-12-4-13-26-41)52(60-61)42-27-14-5-15-28-42/h1-37H. The van der Waals surface area contributed by atoms with E-state index >= 15 is 0 Å². The van der Waals surface area contributed by atoms with Crippen LogP contribution in [0.1, 0.15) is 0 Å². The molecule has 0 saturated carbocycles. The predicted molar refractivity (Wildman–Crippen MR) is 250 cm³/mol. The summed E-state index contributed by atoms with van der Waals surface area (Å²) in [4.78, 5) is 15.9. The Balaban J connectivity index is 1.20. The highest BCUT2D eigenvalue weighted by Crippen LogP contribution is 2.43. The van der Waals surface area contributed by atoms with Gasteiger partial charge in [0.25, 0.3) is 0 Å². The molecule has 0 bridgehead atoms. The third kappa shape index (κ3) is 6.74. The van der Waals surface area contributed by atoms with Crippen molar-refractivity contribution in [3.8, 4) is 90.1 Å². The van der Waals surface area contributed by atoms with Crippen molar-refractivity contribution in [2.24, 2.45) is 0 Å². The highest BCUT2D eigenvalue weighted by Gasteiger charge is 2.24. The van der Waals surface area contributed by atoms with E-state index in [0.29, 0.717) is 17.5 Å². The van der Waals surface area contributed by atoms with Gasteiger partial charge in [-0.25, -0.2) is 19.5 Å². The van der Waals surface area contributed by atoms with Crippen molar-refractivity contribution in [3.63, 3.8) is 0 Å². The monoisotopic (exact) mass is 779 g/mol. The first-order valence-corrected chi connectivity index (χ1v) is 20.5. The van der Waals surface area contributed by atoms with Gasteiger partial charge in [0.15, 0.2) is 17.5 Å². The summed E-state index contributed by atoms with van der Waals surface area (Å²) >= 11 is 0. The Hall–Kier alpha value is -8.28. The molecule has 0 amide bonds. The lowest BCUT2D eigenvalue weighted by Crippen LogP contribution is -2.02. The average molecular weight is 780 g/mol. The number of fused-ring (bicyclic) bond motifs is 3. The van der Waals surface area contributed by atoms with Crippen LogP contribution in [0.25, 0.3) is 106 Å². The van der Waals surface area contributed by atoms with Crippen LogP contribution < -0.4 is 0 Å². The SMILES string of the molecule is c1ccc(-c2cccc(-c3nc(-c4cccc(-c5ccccc5)c4)nc(-c4cccc5c4cc(-c4ccccc4)n4nc(-c6ccccc6)c(-c6ccccc6)c54)n3)c2)cc1. The van der Waals surface area contributed by atoms with Gasteiger partial charge in [-0.1, -0.05) is 206 Å². The van der Waals surface area contributed by atoms with E-state index in [1.54, 1.807) is 0 Å². The van der Waals surface area contributed by atoms with Gasteiger partial charge in [0.1, 0.15) is 5.69 Å². The molecular formula is C56H37N5. The molecule has 286 valence electrons. The number of hydrogen-bond acceptors (Lipinski definition) is 4. The zero-order valence-electron chi connectivity index (χ0n) is 33.1. The third-order valence-electron chi connectivity index (χ3n) is 11.3. The molecule has 5 heteroatoms. The fraction of sp³-hybridized carbons (Fsp3) is 0. The minimum atomic E-state index is 0.591. The molecule has 0 aliphatic heterocycles. The lowest BCUT2D eigenvalue weighted by atomic mass is 9.95. The van der Waals surface area contributed by atoms with Crippen molar-refractivity contribution in [2.45, 2.75) is 0 Å². The number of pyridine rings is 1. The second kappa shape index (κ2) is 15.5. The van der Waals surface area contributed by atoms with E-state index in [2.05, 4.69) is 211 Å². The highest BCUT2D eigenvalue weighted by atomic mass is 15.2. The lowest BCUT2D eigenvalue weighted by Gasteiger charge is -2.14. The van der Waals surface area contributed by atoms with Gasteiger partial charge in [-0.3, -0.25) is 0 Å². The van der Waals surface area contributed by atoms with Gasteiger partial charge >= 0.3 is 0 Å². The summed E-state index contributed by atoms with van der Waals surface area (Å²) < 4.78 is 2.13. The van der Waals surface area contributed by atoms with Crippen LogP contribution in [0, 0.1) is 0 Å². The second-order valence-corrected chi connectivity index (χ2v) is 15.1. The van der Waals surface area contributed by atoms with E-state index < -0.39 is 0 Å². The maximum atomic E-state index is 5.44. The first-order chi connectivity index (χ1) is 30.2. The molecule has 0 aliphatic carbocycles. The van der Waals surface area contributed by atoms with Gasteiger partial charge in [0.2, 0.25) is 0 Å². The minimum Gasteiger partial charge on any atom is -0.231 e. The van der Waals surface area contributed by atoms with E-state index in [4.69, 9.17) is 20.1 Å². The number of hydrogen-bond donors (Lipinski definition) is 0.